The number of aryl methyl sites for hydroxylation is 1. The lowest BCUT2D eigenvalue weighted by atomic mass is 9.82. The Labute approximate surface area is 188 Å². The minimum absolute atomic E-state index is 0.00798. The molecule has 6 nitrogen and oxygen atoms in total. The summed E-state index contributed by atoms with van der Waals surface area (Å²) in [4.78, 5) is 28.1. The minimum Gasteiger partial charge on any atom is -0.477 e. The van der Waals surface area contributed by atoms with E-state index in [1.807, 2.05) is 34.0 Å². The van der Waals surface area contributed by atoms with Crippen LogP contribution in [0.25, 0.3) is 0 Å². The first kappa shape index (κ1) is 23.1. The van der Waals surface area contributed by atoms with Gasteiger partial charge in [0.15, 0.2) is 0 Å². The van der Waals surface area contributed by atoms with Crippen LogP contribution in [0.5, 0.6) is 0 Å². The van der Waals surface area contributed by atoms with Gasteiger partial charge < -0.3 is 10.0 Å². The molecule has 7 heteroatoms. The first-order chi connectivity index (χ1) is 14.5. The molecule has 1 N–H and O–H groups in total. The minimum atomic E-state index is -1.04. The quantitative estimate of drug-likeness (QED) is 0.667. The average Bonchev–Trinajstić information content (AvgIpc) is 3.30. The first-order valence-corrected chi connectivity index (χ1v) is 11.5. The number of aromatic nitrogens is 2. The normalized spacial score (nSPS) is 18.9. The van der Waals surface area contributed by atoms with Gasteiger partial charge >= 0.3 is 5.97 Å². The van der Waals surface area contributed by atoms with Gasteiger partial charge in [0.1, 0.15) is 4.88 Å². The van der Waals surface area contributed by atoms with Crippen LogP contribution in [-0.2, 0) is 18.4 Å². The van der Waals surface area contributed by atoms with Gasteiger partial charge in [0.05, 0.1) is 23.3 Å². The fourth-order valence-electron chi connectivity index (χ4n) is 3.79. The summed E-state index contributed by atoms with van der Waals surface area (Å²) in [5, 5.41) is 14.1. The van der Waals surface area contributed by atoms with E-state index in [2.05, 4.69) is 23.9 Å². The Hall–Kier alpha value is -2.59. The van der Waals surface area contributed by atoms with E-state index in [1.54, 1.807) is 21.8 Å². The summed E-state index contributed by atoms with van der Waals surface area (Å²) >= 11 is 1.13. The van der Waals surface area contributed by atoms with Crippen molar-refractivity contribution in [3.05, 3.63) is 33.8 Å². The van der Waals surface area contributed by atoms with Crippen LogP contribution in [0.2, 0.25) is 0 Å². The van der Waals surface area contributed by atoms with Crippen LogP contribution in [0.3, 0.4) is 0 Å². The average molecular weight is 442 g/mol. The third-order valence-corrected chi connectivity index (χ3v) is 6.52. The summed E-state index contributed by atoms with van der Waals surface area (Å²) in [7, 11) is 1.83. The SMILES string of the molecule is CC1CCC(C(=O)N(Cc2cnn(C)c2)c2cc(C#CC(C)(C)C)sc2C(=O)O)CC1. The highest BCUT2D eigenvalue weighted by Gasteiger charge is 2.32. The van der Waals surface area contributed by atoms with Gasteiger partial charge in [-0.25, -0.2) is 4.79 Å². The standard InChI is InChI=1S/C24H31N3O3S/c1-16-6-8-18(9-7-16)22(28)27(15-17-13-25-26(5)14-17)20-12-19(10-11-24(2,3)4)31-21(20)23(29)30/h12-14,16,18H,6-9,15H2,1-5H3,(H,29,30). The van der Waals surface area contributed by atoms with Gasteiger partial charge in [-0.2, -0.15) is 5.10 Å². The fourth-order valence-corrected chi connectivity index (χ4v) is 4.64. The third-order valence-electron chi connectivity index (χ3n) is 5.49. The molecule has 31 heavy (non-hydrogen) atoms. The highest BCUT2D eigenvalue weighted by atomic mass is 32.1. The van der Waals surface area contributed by atoms with Gasteiger partial charge in [-0.05, 0) is 58.4 Å². The van der Waals surface area contributed by atoms with E-state index >= 15 is 0 Å². The van der Waals surface area contributed by atoms with Crippen molar-refractivity contribution in [2.75, 3.05) is 4.90 Å². The Bertz CT molecular complexity index is 1010. The molecule has 0 radical (unpaired) electrons. The highest BCUT2D eigenvalue weighted by Crippen LogP contribution is 2.36. The van der Waals surface area contributed by atoms with Gasteiger partial charge in [-0.1, -0.05) is 18.8 Å². The molecule has 1 amide bonds. The molecular formula is C24H31N3O3S. The maximum atomic E-state index is 13.6. The van der Waals surface area contributed by atoms with Crippen LogP contribution in [-0.4, -0.2) is 26.8 Å². The van der Waals surface area contributed by atoms with Crippen molar-refractivity contribution in [2.45, 2.75) is 59.9 Å². The van der Waals surface area contributed by atoms with Crippen LogP contribution < -0.4 is 4.90 Å². The molecule has 0 aromatic carbocycles. The molecule has 1 fully saturated rings. The fraction of sp³-hybridized carbons (Fsp3) is 0.542. The van der Waals surface area contributed by atoms with Crippen molar-refractivity contribution in [3.63, 3.8) is 0 Å². The number of amides is 1. The molecule has 0 bridgehead atoms. The van der Waals surface area contributed by atoms with E-state index in [0.717, 1.165) is 42.6 Å². The number of carboxylic acids is 1. The van der Waals surface area contributed by atoms with E-state index in [1.165, 1.54) is 0 Å². The van der Waals surface area contributed by atoms with Crippen LogP contribution in [0.15, 0.2) is 18.5 Å². The third kappa shape index (κ3) is 5.98. The molecule has 0 atom stereocenters. The molecule has 166 valence electrons. The molecule has 2 aromatic heterocycles. The topological polar surface area (TPSA) is 75.4 Å². The summed E-state index contributed by atoms with van der Waals surface area (Å²) < 4.78 is 1.69. The number of carbonyl (C=O) groups excluding carboxylic acids is 1. The van der Waals surface area contributed by atoms with Crippen LogP contribution in [0.1, 0.15) is 73.5 Å². The van der Waals surface area contributed by atoms with Gasteiger partial charge in [0.25, 0.3) is 0 Å². The van der Waals surface area contributed by atoms with Crippen molar-refractivity contribution < 1.29 is 14.7 Å². The zero-order valence-corrected chi connectivity index (χ0v) is 19.8. The number of carbonyl (C=O) groups is 2. The number of aromatic carboxylic acids is 1. The second-order valence-corrected chi connectivity index (χ2v) is 10.6. The van der Waals surface area contributed by atoms with Crippen molar-refractivity contribution in [3.8, 4) is 11.8 Å². The van der Waals surface area contributed by atoms with E-state index in [9.17, 15) is 14.7 Å². The predicted octanol–water partition coefficient (Wildman–Crippen LogP) is 4.94. The second-order valence-electron chi connectivity index (χ2n) is 9.53. The summed E-state index contributed by atoms with van der Waals surface area (Å²) in [6.45, 7) is 8.54. The smallest absolute Gasteiger partial charge is 0.348 e. The Morgan fingerprint density at radius 2 is 1.97 bits per heavy atom. The van der Waals surface area contributed by atoms with Crippen molar-refractivity contribution in [1.82, 2.24) is 9.78 Å². The lowest BCUT2D eigenvalue weighted by molar-refractivity contribution is -0.123. The Balaban J connectivity index is 2.01. The number of hydrogen-bond acceptors (Lipinski definition) is 4. The van der Waals surface area contributed by atoms with Gasteiger partial charge in [0, 0.05) is 30.1 Å². The van der Waals surface area contributed by atoms with Gasteiger partial charge in [-0.3, -0.25) is 9.48 Å². The molecule has 0 spiro atoms. The maximum absolute atomic E-state index is 13.6. The summed E-state index contributed by atoms with van der Waals surface area (Å²) in [5.74, 6) is 5.76. The molecule has 2 heterocycles. The lowest BCUT2D eigenvalue weighted by Gasteiger charge is -2.31. The predicted molar refractivity (Wildman–Crippen MR) is 123 cm³/mol. The zero-order valence-electron chi connectivity index (χ0n) is 18.9. The Morgan fingerprint density at radius 1 is 1.29 bits per heavy atom. The van der Waals surface area contributed by atoms with Crippen molar-refractivity contribution >= 4 is 28.9 Å². The van der Waals surface area contributed by atoms with E-state index in [4.69, 9.17) is 0 Å². The van der Waals surface area contributed by atoms with Crippen LogP contribution >= 0.6 is 11.3 Å². The number of thiophene rings is 1. The van der Waals surface area contributed by atoms with E-state index in [0.29, 0.717) is 23.0 Å². The van der Waals surface area contributed by atoms with Crippen molar-refractivity contribution in [2.24, 2.45) is 24.3 Å². The molecule has 1 aliphatic rings. The lowest BCUT2D eigenvalue weighted by Crippen LogP contribution is -2.37. The van der Waals surface area contributed by atoms with Crippen LogP contribution in [0.4, 0.5) is 5.69 Å². The number of anilines is 1. The number of rotatable bonds is 5. The summed E-state index contributed by atoms with van der Waals surface area (Å²) in [5.41, 5.74) is 1.10. The Kier molecular flexibility index (Phi) is 6.90. The summed E-state index contributed by atoms with van der Waals surface area (Å²) in [6.07, 6.45) is 7.30. The molecule has 0 saturated heterocycles. The molecule has 0 aliphatic heterocycles. The molecule has 1 saturated carbocycles. The highest BCUT2D eigenvalue weighted by molar-refractivity contribution is 7.15. The van der Waals surface area contributed by atoms with Gasteiger partial charge in [0.2, 0.25) is 5.91 Å². The molecular weight excluding hydrogens is 410 g/mol. The Morgan fingerprint density at radius 3 is 2.52 bits per heavy atom. The number of carboxylic acid groups (broad SMARTS) is 1. The second kappa shape index (κ2) is 9.27. The van der Waals surface area contributed by atoms with Gasteiger partial charge in [-0.15, -0.1) is 11.3 Å². The maximum Gasteiger partial charge on any atom is 0.348 e. The monoisotopic (exact) mass is 441 g/mol. The molecule has 3 rings (SSSR count). The van der Waals surface area contributed by atoms with Crippen molar-refractivity contribution in [1.29, 1.82) is 0 Å². The largest absolute Gasteiger partial charge is 0.477 e. The summed E-state index contributed by atoms with van der Waals surface area (Å²) in [6, 6.07) is 1.76. The number of nitrogens with zero attached hydrogens (tertiary/aromatic N) is 3. The van der Waals surface area contributed by atoms with E-state index in [-0.39, 0.29) is 22.1 Å². The molecule has 2 aromatic rings. The van der Waals surface area contributed by atoms with E-state index < -0.39 is 5.97 Å². The van der Waals surface area contributed by atoms with Crippen LogP contribution in [0, 0.1) is 29.1 Å². The number of hydrogen-bond donors (Lipinski definition) is 1. The first-order valence-electron chi connectivity index (χ1n) is 10.7. The molecule has 0 unspecified atom stereocenters. The zero-order chi connectivity index (χ0) is 22.8. The molecule has 1 aliphatic carbocycles.